The number of aromatic nitrogens is 3. The number of aryl methyl sites for hydroxylation is 1. The number of anilines is 1. The first-order valence-electron chi connectivity index (χ1n) is 12.0. The molecule has 0 unspecified atom stereocenters. The van der Waals surface area contributed by atoms with Crippen molar-refractivity contribution in [3.63, 3.8) is 0 Å². The Balaban J connectivity index is 1.24. The predicted octanol–water partition coefficient (Wildman–Crippen LogP) is 7.46. The predicted molar refractivity (Wildman–Crippen MR) is 155 cm³/mol. The first-order valence-corrected chi connectivity index (χ1v) is 13.2. The van der Waals surface area contributed by atoms with Crippen LogP contribution in [0.4, 0.5) is 5.69 Å². The summed E-state index contributed by atoms with van der Waals surface area (Å²) in [6.45, 7) is 2.19. The molecule has 192 valence electrons. The number of fused-ring (bicyclic) bond motifs is 1. The van der Waals surface area contributed by atoms with Gasteiger partial charge in [0, 0.05) is 11.3 Å². The smallest absolute Gasteiger partial charge is 0.293 e. The average molecular weight is 564 g/mol. The number of amides is 1. The van der Waals surface area contributed by atoms with Crippen molar-refractivity contribution in [3.05, 3.63) is 94.2 Å². The Morgan fingerprint density at radius 1 is 1.00 bits per heavy atom. The molecule has 0 spiro atoms. The van der Waals surface area contributed by atoms with Crippen LogP contribution in [0.1, 0.15) is 35.9 Å². The quantitative estimate of drug-likeness (QED) is 0.200. The lowest BCUT2D eigenvalue weighted by Crippen LogP contribution is -2.33. The van der Waals surface area contributed by atoms with Gasteiger partial charge in [0.1, 0.15) is 16.8 Å². The highest BCUT2D eigenvalue weighted by molar-refractivity contribution is 7.80. The maximum Gasteiger partial charge on any atom is 0.293 e. The summed E-state index contributed by atoms with van der Waals surface area (Å²) in [5.74, 6) is 0.00581. The highest BCUT2D eigenvalue weighted by atomic mass is 35.5. The number of unbranched alkanes of at least 4 members (excludes halogenated alkanes) is 1. The van der Waals surface area contributed by atoms with E-state index in [9.17, 15) is 4.79 Å². The third-order valence-electron chi connectivity index (χ3n) is 5.90. The van der Waals surface area contributed by atoms with E-state index in [4.69, 9.17) is 39.8 Å². The maximum atomic E-state index is 12.7. The van der Waals surface area contributed by atoms with Gasteiger partial charge in [0.05, 0.1) is 15.7 Å². The molecule has 0 atom stereocenters. The number of furan rings is 1. The lowest BCUT2D eigenvalue weighted by molar-refractivity contribution is 0.0951. The van der Waals surface area contributed by atoms with Crippen LogP contribution in [0.5, 0.6) is 0 Å². The minimum Gasteiger partial charge on any atom is -0.451 e. The third-order valence-corrected chi connectivity index (χ3v) is 6.92. The van der Waals surface area contributed by atoms with E-state index in [2.05, 4.69) is 39.9 Å². The molecule has 0 aliphatic heterocycles. The molecule has 0 saturated heterocycles. The molecular formula is C28H23Cl2N5O2S. The molecule has 0 fully saturated rings. The number of thiocarbonyl (C=S) groups is 1. The van der Waals surface area contributed by atoms with Crippen molar-refractivity contribution in [2.45, 2.75) is 26.2 Å². The molecule has 2 heterocycles. The molecule has 38 heavy (non-hydrogen) atoms. The fourth-order valence-electron chi connectivity index (χ4n) is 3.91. The number of nitrogens with one attached hydrogen (secondary N) is 2. The van der Waals surface area contributed by atoms with Gasteiger partial charge in [-0.05, 0) is 85.2 Å². The highest BCUT2D eigenvalue weighted by Gasteiger charge is 2.16. The summed E-state index contributed by atoms with van der Waals surface area (Å²) in [7, 11) is 0. The monoisotopic (exact) mass is 563 g/mol. The van der Waals surface area contributed by atoms with Crippen molar-refractivity contribution in [1.82, 2.24) is 20.3 Å². The molecule has 3 aromatic carbocycles. The van der Waals surface area contributed by atoms with Crippen molar-refractivity contribution in [1.29, 1.82) is 0 Å². The molecule has 7 nitrogen and oxygen atoms in total. The zero-order valence-electron chi connectivity index (χ0n) is 20.4. The summed E-state index contributed by atoms with van der Waals surface area (Å²) in [5, 5.41) is 15.7. The number of halogens is 2. The van der Waals surface area contributed by atoms with E-state index >= 15 is 0 Å². The normalized spacial score (nSPS) is 11.0. The van der Waals surface area contributed by atoms with Gasteiger partial charge in [0.25, 0.3) is 5.91 Å². The van der Waals surface area contributed by atoms with Crippen LogP contribution >= 0.6 is 35.4 Å². The van der Waals surface area contributed by atoms with Gasteiger partial charge in [-0.2, -0.15) is 4.80 Å². The van der Waals surface area contributed by atoms with E-state index in [-0.39, 0.29) is 10.9 Å². The van der Waals surface area contributed by atoms with Crippen LogP contribution in [0.15, 0.2) is 77.2 Å². The number of rotatable bonds is 7. The van der Waals surface area contributed by atoms with Crippen molar-refractivity contribution in [2.24, 2.45) is 0 Å². The number of carbonyl (C=O) groups is 1. The van der Waals surface area contributed by atoms with Crippen LogP contribution in [-0.2, 0) is 6.42 Å². The number of carbonyl (C=O) groups excluding carboxylic acids is 1. The van der Waals surface area contributed by atoms with Crippen LogP contribution in [0, 0.1) is 0 Å². The van der Waals surface area contributed by atoms with Gasteiger partial charge in [-0.1, -0.05) is 54.7 Å². The number of benzene rings is 3. The van der Waals surface area contributed by atoms with Gasteiger partial charge in [0.2, 0.25) is 0 Å². The fraction of sp³-hybridized carbons (Fsp3) is 0.143. The SMILES string of the molecule is CCCCc1ccc(-n2nc3ccc(NC(=S)NC(=O)c4ccc(-c5cccc(Cl)c5Cl)o4)cc3n2)cc1. The molecule has 0 aliphatic rings. The molecule has 2 N–H and O–H groups in total. The molecule has 5 rings (SSSR count). The zero-order valence-corrected chi connectivity index (χ0v) is 22.7. The van der Waals surface area contributed by atoms with Crippen molar-refractivity contribution in [2.75, 3.05) is 5.32 Å². The molecule has 0 aliphatic carbocycles. The molecule has 0 saturated carbocycles. The maximum absolute atomic E-state index is 12.7. The van der Waals surface area contributed by atoms with Crippen LogP contribution in [-0.4, -0.2) is 26.0 Å². The minimum atomic E-state index is -0.499. The van der Waals surface area contributed by atoms with Gasteiger partial charge >= 0.3 is 0 Å². The highest BCUT2D eigenvalue weighted by Crippen LogP contribution is 2.34. The second-order valence-electron chi connectivity index (χ2n) is 8.64. The van der Waals surface area contributed by atoms with E-state index in [1.165, 1.54) is 18.4 Å². The Morgan fingerprint density at radius 2 is 1.79 bits per heavy atom. The Hall–Kier alpha value is -3.72. The standard InChI is InChI=1S/C28H23Cl2N5O2S/c1-2-3-5-17-8-11-19(12-9-17)35-33-22-13-10-18(16-23(22)34-35)31-28(38)32-27(36)25-15-14-24(37-25)20-6-4-7-21(29)26(20)30/h4,6-16H,2-3,5H2,1H3,(H2,31,32,36,38). The Kier molecular flexibility index (Phi) is 7.74. The van der Waals surface area contributed by atoms with E-state index in [1.807, 2.05) is 30.3 Å². The Morgan fingerprint density at radius 3 is 2.58 bits per heavy atom. The first-order chi connectivity index (χ1) is 18.4. The number of hydrogen-bond acceptors (Lipinski definition) is 5. The van der Waals surface area contributed by atoms with Gasteiger partial charge in [-0.25, -0.2) is 0 Å². The second kappa shape index (κ2) is 11.3. The molecule has 5 aromatic rings. The van der Waals surface area contributed by atoms with E-state index < -0.39 is 5.91 Å². The molecule has 10 heteroatoms. The van der Waals surface area contributed by atoms with Gasteiger partial charge in [-0.3, -0.25) is 10.1 Å². The zero-order chi connectivity index (χ0) is 26.6. The third kappa shape index (κ3) is 5.72. The first kappa shape index (κ1) is 25.9. The van der Waals surface area contributed by atoms with Crippen molar-refractivity contribution < 1.29 is 9.21 Å². The van der Waals surface area contributed by atoms with Crippen LogP contribution in [0.3, 0.4) is 0 Å². The van der Waals surface area contributed by atoms with Gasteiger partial charge in [-0.15, -0.1) is 10.2 Å². The molecule has 1 amide bonds. The summed E-state index contributed by atoms with van der Waals surface area (Å²) in [4.78, 5) is 14.3. The fourth-order valence-corrected chi connectivity index (χ4v) is 4.51. The number of hydrogen-bond donors (Lipinski definition) is 2. The average Bonchev–Trinajstić information content (AvgIpc) is 3.57. The van der Waals surface area contributed by atoms with Crippen molar-refractivity contribution in [3.8, 4) is 17.0 Å². The van der Waals surface area contributed by atoms with Gasteiger partial charge < -0.3 is 9.73 Å². The second-order valence-corrected chi connectivity index (χ2v) is 9.83. The largest absolute Gasteiger partial charge is 0.451 e. The van der Waals surface area contributed by atoms with Crippen LogP contribution in [0.25, 0.3) is 28.0 Å². The topological polar surface area (TPSA) is 85.0 Å². The Bertz CT molecular complexity index is 1630. The molecular weight excluding hydrogens is 541 g/mol. The van der Waals surface area contributed by atoms with E-state index in [0.29, 0.717) is 32.6 Å². The van der Waals surface area contributed by atoms with E-state index in [1.54, 1.807) is 35.1 Å². The lowest BCUT2D eigenvalue weighted by Gasteiger charge is -2.08. The molecule has 0 radical (unpaired) electrons. The summed E-state index contributed by atoms with van der Waals surface area (Å²) < 4.78 is 5.68. The lowest BCUT2D eigenvalue weighted by atomic mass is 10.1. The summed E-state index contributed by atoms with van der Waals surface area (Å²) in [5.41, 5.74) is 4.86. The summed E-state index contributed by atoms with van der Waals surface area (Å²) >= 11 is 17.7. The summed E-state index contributed by atoms with van der Waals surface area (Å²) in [6.07, 6.45) is 3.40. The van der Waals surface area contributed by atoms with Crippen LogP contribution < -0.4 is 10.6 Å². The van der Waals surface area contributed by atoms with Crippen LogP contribution in [0.2, 0.25) is 10.0 Å². The van der Waals surface area contributed by atoms with E-state index in [0.717, 1.165) is 17.6 Å². The summed E-state index contributed by atoms with van der Waals surface area (Å²) in [6, 6.07) is 22.1. The minimum absolute atomic E-state index is 0.0827. The molecule has 0 bridgehead atoms. The Labute approximate surface area is 234 Å². The number of nitrogens with zero attached hydrogens (tertiary/aromatic N) is 3. The van der Waals surface area contributed by atoms with Gasteiger partial charge in [0.15, 0.2) is 10.9 Å². The molecule has 2 aromatic heterocycles. The van der Waals surface area contributed by atoms with Crippen molar-refractivity contribution >= 4 is 63.2 Å².